The van der Waals surface area contributed by atoms with E-state index in [-0.39, 0.29) is 30.6 Å². The van der Waals surface area contributed by atoms with Crippen molar-refractivity contribution in [1.82, 2.24) is 5.32 Å². The molecule has 49 heavy (non-hydrogen) atoms. The molecule has 1 aromatic heterocycles. The van der Waals surface area contributed by atoms with E-state index >= 15 is 0 Å². The van der Waals surface area contributed by atoms with Crippen molar-refractivity contribution in [3.63, 3.8) is 0 Å². The van der Waals surface area contributed by atoms with Crippen LogP contribution in [-0.4, -0.2) is 22.9 Å². The van der Waals surface area contributed by atoms with E-state index in [0.29, 0.717) is 23.7 Å². The smallest absolute Gasteiger partial charge is 0.251 e. The van der Waals surface area contributed by atoms with Crippen LogP contribution in [0.5, 0.6) is 0 Å². The van der Waals surface area contributed by atoms with Crippen LogP contribution < -0.4 is 10.0 Å². The quantitative estimate of drug-likeness (QED) is 0.0472. The number of rotatable bonds is 22. The predicted octanol–water partition coefficient (Wildman–Crippen LogP) is 9.49. The lowest BCUT2D eigenvalue weighted by atomic mass is 9.91. The van der Waals surface area contributed by atoms with Crippen LogP contribution in [0.3, 0.4) is 0 Å². The van der Waals surface area contributed by atoms with E-state index in [0.717, 1.165) is 39.8 Å². The van der Waals surface area contributed by atoms with Crippen LogP contribution in [0.25, 0.3) is 0 Å². The van der Waals surface area contributed by atoms with Crippen LogP contribution in [0.2, 0.25) is 0 Å². The molecular formula is C41H58N2O5S. The zero-order chi connectivity index (χ0) is 34.7. The number of carbonyl (C=O) groups excluding carboxylic acids is 1. The van der Waals surface area contributed by atoms with E-state index in [1.54, 1.807) is 6.07 Å². The average Bonchev–Trinajstić information content (AvgIpc) is 3.13. The number of aromatic nitrogens is 1. The van der Waals surface area contributed by atoms with Crippen LogP contribution in [0.1, 0.15) is 138 Å². The highest BCUT2D eigenvalue weighted by Crippen LogP contribution is 2.42. The summed E-state index contributed by atoms with van der Waals surface area (Å²) in [7, 11) is 0. The zero-order valence-electron chi connectivity index (χ0n) is 29.7. The minimum atomic E-state index is -0.585. The standard InChI is InChI=1S/C41H58N2O5S/c1-3-4-5-6-7-8-9-10-11-12-13-14-15-18-38(45)42-29-33-20-26-36(27-21-33)41-47-37(31-49-39-19-16-17-28-43(39)46)32(2)40(48-41)35-24-22-34(30-44)23-25-35/h16-17,19-28,32,37,40-41,44H,3-15,18,29-31H2,1-2H3,(H,42,45)/t32-,37+,40+,41?/m0/s1. The summed E-state index contributed by atoms with van der Waals surface area (Å²) in [5.74, 6) is 0.729. The van der Waals surface area contributed by atoms with Gasteiger partial charge < -0.3 is 25.1 Å². The van der Waals surface area contributed by atoms with Gasteiger partial charge in [-0.3, -0.25) is 4.79 Å². The number of hydrogen-bond donors (Lipinski definition) is 2. The maximum Gasteiger partial charge on any atom is 0.251 e. The number of aliphatic hydroxyl groups is 1. The number of nitrogens with zero attached hydrogens (tertiary/aromatic N) is 1. The molecule has 1 saturated heterocycles. The first kappa shape index (κ1) is 38.9. The fourth-order valence-electron chi connectivity index (χ4n) is 6.39. The van der Waals surface area contributed by atoms with Gasteiger partial charge in [-0.2, -0.15) is 4.73 Å². The molecule has 0 bridgehead atoms. The van der Waals surface area contributed by atoms with Gasteiger partial charge in [0.25, 0.3) is 5.03 Å². The van der Waals surface area contributed by atoms with Gasteiger partial charge in [0.15, 0.2) is 12.5 Å². The van der Waals surface area contributed by atoms with Crippen molar-refractivity contribution in [3.05, 3.63) is 100 Å². The topological polar surface area (TPSA) is 94.7 Å². The lowest BCUT2D eigenvalue weighted by Crippen LogP contribution is -2.39. The molecule has 2 N–H and O–H groups in total. The van der Waals surface area contributed by atoms with E-state index < -0.39 is 6.29 Å². The number of aliphatic hydroxyl groups excluding tert-OH is 1. The molecule has 0 aliphatic carbocycles. The van der Waals surface area contributed by atoms with Gasteiger partial charge in [0, 0.05) is 42.3 Å². The molecule has 1 aliphatic heterocycles. The Morgan fingerprint density at radius 3 is 2.00 bits per heavy atom. The summed E-state index contributed by atoms with van der Waals surface area (Å²) >= 11 is 1.48. The van der Waals surface area contributed by atoms with Gasteiger partial charge in [0.05, 0.1) is 18.8 Å². The lowest BCUT2D eigenvalue weighted by Gasteiger charge is -2.41. The molecule has 1 amide bonds. The summed E-state index contributed by atoms with van der Waals surface area (Å²) in [5, 5.41) is 25.5. The number of hydrogen-bond acceptors (Lipinski definition) is 6. The zero-order valence-corrected chi connectivity index (χ0v) is 30.5. The Morgan fingerprint density at radius 2 is 1.39 bits per heavy atom. The highest BCUT2D eigenvalue weighted by atomic mass is 32.2. The summed E-state index contributed by atoms with van der Waals surface area (Å²) < 4.78 is 14.0. The Kier molecular flexibility index (Phi) is 17.5. The van der Waals surface area contributed by atoms with Gasteiger partial charge in [-0.15, -0.1) is 0 Å². The molecule has 7 nitrogen and oxygen atoms in total. The molecular weight excluding hydrogens is 633 g/mol. The molecule has 1 aliphatic rings. The third-order valence-electron chi connectivity index (χ3n) is 9.56. The Bertz CT molecular complexity index is 1350. The highest BCUT2D eigenvalue weighted by Gasteiger charge is 2.38. The van der Waals surface area contributed by atoms with Crippen molar-refractivity contribution in [2.45, 2.75) is 140 Å². The molecule has 0 spiro atoms. The van der Waals surface area contributed by atoms with Crippen molar-refractivity contribution in [3.8, 4) is 0 Å². The highest BCUT2D eigenvalue weighted by molar-refractivity contribution is 7.99. The van der Waals surface area contributed by atoms with E-state index in [9.17, 15) is 15.1 Å². The number of pyridine rings is 1. The van der Waals surface area contributed by atoms with Crippen LogP contribution in [0.4, 0.5) is 0 Å². The maximum absolute atomic E-state index is 12.5. The minimum absolute atomic E-state index is 0.00906. The second kappa shape index (κ2) is 22.0. The summed E-state index contributed by atoms with van der Waals surface area (Å²) in [6.45, 7) is 4.87. The number of amides is 1. The molecule has 1 fully saturated rings. The maximum atomic E-state index is 12.5. The second-order valence-electron chi connectivity index (χ2n) is 13.5. The molecule has 2 aromatic carbocycles. The third kappa shape index (κ3) is 13.4. The summed E-state index contributed by atoms with van der Waals surface area (Å²) in [5.41, 5.74) is 3.80. The van der Waals surface area contributed by atoms with Crippen molar-refractivity contribution in [1.29, 1.82) is 0 Å². The van der Waals surface area contributed by atoms with Crippen LogP contribution in [-0.2, 0) is 27.4 Å². The Balaban J connectivity index is 1.21. The summed E-state index contributed by atoms with van der Waals surface area (Å²) in [6, 6.07) is 21.3. The second-order valence-corrected chi connectivity index (χ2v) is 14.5. The van der Waals surface area contributed by atoms with Gasteiger partial charge in [-0.25, -0.2) is 0 Å². The van der Waals surface area contributed by atoms with Crippen molar-refractivity contribution in [2.24, 2.45) is 5.92 Å². The molecule has 2 heterocycles. The van der Waals surface area contributed by atoms with Crippen LogP contribution >= 0.6 is 11.8 Å². The largest absolute Gasteiger partial charge is 0.618 e. The van der Waals surface area contributed by atoms with Crippen LogP contribution in [0, 0.1) is 11.1 Å². The number of benzene rings is 2. The SMILES string of the molecule is CCCCCCCCCCCCCCCC(=O)NCc1ccc(C2O[C@H](CSc3cccc[n+]3[O-])[C@H](C)[C@H](c3ccc(CO)cc3)O2)cc1. The summed E-state index contributed by atoms with van der Waals surface area (Å²) in [4.78, 5) is 12.5. The van der Waals surface area contributed by atoms with E-state index in [1.807, 2.05) is 60.7 Å². The molecule has 3 aromatic rings. The molecule has 1 unspecified atom stereocenters. The number of carbonyl (C=O) groups is 1. The van der Waals surface area contributed by atoms with E-state index in [4.69, 9.17) is 9.47 Å². The van der Waals surface area contributed by atoms with Crippen LogP contribution in [0.15, 0.2) is 78.0 Å². The average molecular weight is 691 g/mol. The predicted molar refractivity (Wildman–Crippen MR) is 198 cm³/mol. The third-order valence-corrected chi connectivity index (χ3v) is 10.7. The Hall–Kier alpha value is -2.91. The fourth-order valence-corrected chi connectivity index (χ4v) is 7.47. The van der Waals surface area contributed by atoms with Crippen molar-refractivity contribution in [2.75, 3.05) is 5.75 Å². The van der Waals surface area contributed by atoms with Gasteiger partial charge in [0.2, 0.25) is 5.91 Å². The molecule has 0 saturated carbocycles. The Morgan fingerprint density at radius 1 is 0.796 bits per heavy atom. The first-order chi connectivity index (χ1) is 24.0. The lowest BCUT2D eigenvalue weighted by molar-refractivity contribution is -0.645. The Labute approximate surface area is 298 Å². The number of nitrogens with one attached hydrogen (secondary N) is 1. The van der Waals surface area contributed by atoms with Gasteiger partial charge >= 0.3 is 0 Å². The molecule has 0 radical (unpaired) electrons. The summed E-state index contributed by atoms with van der Waals surface area (Å²) in [6.07, 6.45) is 18.0. The van der Waals surface area contributed by atoms with E-state index in [1.165, 1.54) is 88.6 Å². The fraction of sp³-hybridized carbons (Fsp3) is 0.561. The van der Waals surface area contributed by atoms with Crippen molar-refractivity contribution >= 4 is 17.7 Å². The van der Waals surface area contributed by atoms with Crippen molar-refractivity contribution < 1.29 is 24.1 Å². The van der Waals surface area contributed by atoms with E-state index in [2.05, 4.69) is 19.2 Å². The molecule has 8 heteroatoms. The van der Waals surface area contributed by atoms with Gasteiger partial charge in [0.1, 0.15) is 0 Å². The molecule has 4 atom stereocenters. The first-order valence-corrected chi connectivity index (χ1v) is 19.6. The van der Waals surface area contributed by atoms with Gasteiger partial charge in [-0.1, -0.05) is 151 Å². The molecule has 4 rings (SSSR count). The number of unbranched alkanes of at least 4 members (excludes halogenated alkanes) is 12. The van der Waals surface area contributed by atoms with Gasteiger partial charge in [-0.05, 0) is 29.2 Å². The number of ether oxygens (including phenoxy) is 2. The number of thioether (sulfide) groups is 1. The normalized spacial score (nSPS) is 19.2. The molecule has 268 valence electrons. The first-order valence-electron chi connectivity index (χ1n) is 18.7. The monoisotopic (exact) mass is 690 g/mol. The minimum Gasteiger partial charge on any atom is -0.618 e.